The van der Waals surface area contributed by atoms with Crippen LogP contribution < -0.4 is 0 Å². The van der Waals surface area contributed by atoms with E-state index in [1.54, 1.807) is 6.92 Å². The van der Waals surface area contributed by atoms with Crippen LogP contribution in [-0.2, 0) is 38.1 Å². The van der Waals surface area contributed by atoms with E-state index < -0.39 is 42.2 Å². The zero-order valence-electron chi connectivity index (χ0n) is 16.5. The van der Waals surface area contributed by atoms with Gasteiger partial charge in [0.2, 0.25) is 0 Å². The molecule has 1 rings (SSSR count). The van der Waals surface area contributed by atoms with Gasteiger partial charge in [-0.1, -0.05) is 27.2 Å². The average Bonchev–Trinajstić information content (AvgIpc) is 2.62. The third-order valence-corrected chi connectivity index (χ3v) is 4.28. The number of carbonyl (C=O) groups is 4. The van der Waals surface area contributed by atoms with Crippen LogP contribution in [0, 0.1) is 5.92 Å². The van der Waals surface area contributed by atoms with Crippen molar-refractivity contribution >= 4 is 23.9 Å². The van der Waals surface area contributed by atoms with Crippen LogP contribution in [0.25, 0.3) is 0 Å². The molecule has 0 amide bonds. The fourth-order valence-corrected chi connectivity index (χ4v) is 2.61. The minimum Gasteiger partial charge on any atom is -0.466 e. The van der Waals surface area contributed by atoms with Crippen LogP contribution >= 0.6 is 0 Å². The van der Waals surface area contributed by atoms with Crippen LogP contribution in [0.3, 0.4) is 0 Å². The number of carbonyl (C=O) groups excluding carboxylic acids is 4. The molecule has 0 heterocycles. The zero-order valence-corrected chi connectivity index (χ0v) is 16.5. The van der Waals surface area contributed by atoms with Gasteiger partial charge in [0, 0.05) is 31.8 Å². The van der Waals surface area contributed by atoms with Crippen LogP contribution in [-0.4, -0.2) is 49.3 Å². The molecule has 1 aliphatic carbocycles. The van der Waals surface area contributed by atoms with Gasteiger partial charge >= 0.3 is 23.9 Å². The van der Waals surface area contributed by atoms with Crippen molar-refractivity contribution in [3.63, 3.8) is 0 Å². The van der Waals surface area contributed by atoms with E-state index in [1.807, 2.05) is 13.8 Å². The Morgan fingerprint density at radius 3 is 2.30 bits per heavy atom. The molecule has 0 aromatic heterocycles. The predicted octanol–water partition coefficient (Wildman–Crippen LogP) is 2.09. The van der Waals surface area contributed by atoms with E-state index in [4.69, 9.17) is 18.9 Å². The molecule has 27 heavy (non-hydrogen) atoms. The van der Waals surface area contributed by atoms with Crippen molar-refractivity contribution in [2.45, 2.75) is 71.7 Å². The first-order chi connectivity index (χ1) is 12.7. The molecule has 0 aliphatic heterocycles. The van der Waals surface area contributed by atoms with Crippen LogP contribution in [0.2, 0.25) is 0 Å². The van der Waals surface area contributed by atoms with Gasteiger partial charge in [-0.2, -0.15) is 0 Å². The Hall–Kier alpha value is -2.38. The first kappa shape index (κ1) is 22.7. The van der Waals surface area contributed by atoms with Gasteiger partial charge < -0.3 is 18.9 Å². The first-order valence-electron chi connectivity index (χ1n) is 9.06. The van der Waals surface area contributed by atoms with E-state index >= 15 is 0 Å². The summed E-state index contributed by atoms with van der Waals surface area (Å²) in [6.07, 6.45) is -0.574. The molecule has 4 atom stereocenters. The van der Waals surface area contributed by atoms with Crippen molar-refractivity contribution in [2.75, 3.05) is 7.11 Å². The summed E-state index contributed by atoms with van der Waals surface area (Å²) in [7, 11) is 1.22. The molecule has 0 aromatic rings. The van der Waals surface area contributed by atoms with E-state index in [-0.39, 0.29) is 30.8 Å². The quantitative estimate of drug-likeness (QED) is 0.463. The predicted molar refractivity (Wildman–Crippen MR) is 94.4 cm³/mol. The number of rotatable bonds is 8. The van der Waals surface area contributed by atoms with Crippen molar-refractivity contribution in [2.24, 2.45) is 5.92 Å². The lowest BCUT2D eigenvalue weighted by Crippen LogP contribution is -2.48. The highest BCUT2D eigenvalue weighted by Crippen LogP contribution is 2.28. The highest BCUT2D eigenvalue weighted by molar-refractivity contribution is 5.89. The summed E-state index contributed by atoms with van der Waals surface area (Å²) >= 11 is 0. The molecule has 8 nitrogen and oxygen atoms in total. The van der Waals surface area contributed by atoms with Gasteiger partial charge in [0.25, 0.3) is 0 Å². The molecule has 152 valence electrons. The molecule has 4 unspecified atom stereocenters. The number of ether oxygens (including phenoxy) is 4. The second-order valence-corrected chi connectivity index (χ2v) is 6.52. The molecular weight excluding hydrogens is 356 g/mol. The summed E-state index contributed by atoms with van der Waals surface area (Å²) in [5.41, 5.74) is 0.189. The lowest BCUT2D eigenvalue weighted by Gasteiger charge is -2.35. The Labute approximate surface area is 159 Å². The number of hydrogen-bond donors (Lipinski definition) is 0. The Kier molecular flexibility index (Phi) is 8.97. The van der Waals surface area contributed by atoms with E-state index in [0.717, 1.165) is 6.42 Å². The molecule has 0 radical (unpaired) electrons. The van der Waals surface area contributed by atoms with Crippen molar-refractivity contribution in [3.05, 3.63) is 11.6 Å². The van der Waals surface area contributed by atoms with Crippen molar-refractivity contribution in [1.82, 2.24) is 0 Å². The lowest BCUT2D eigenvalue weighted by atomic mass is 9.91. The minimum absolute atomic E-state index is 0.00164. The smallest absolute Gasteiger partial charge is 0.333 e. The maximum absolute atomic E-state index is 12.3. The summed E-state index contributed by atoms with van der Waals surface area (Å²) in [5.74, 6) is -2.13. The Balaban J connectivity index is 3.13. The fourth-order valence-electron chi connectivity index (χ4n) is 2.61. The largest absolute Gasteiger partial charge is 0.466 e. The second-order valence-electron chi connectivity index (χ2n) is 6.52. The monoisotopic (exact) mass is 384 g/mol. The highest BCUT2D eigenvalue weighted by Gasteiger charge is 2.42. The Morgan fingerprint density at radius 2 is 1.78 bits per heavy atom. The molecular formula is C19H28O8. The Morgan fingerprint density at radius 1 is 1.11 bits per heavy atom. The molecule has 0 spiro atoms. The topological polar surface area (TPSA) is 105 Å². The standard InChI is InChI=1S/C19H28O8/c1-6-11(3)8-17(22)26-15-10-13(19(23)24-5)9-14(25-12(4)20)18(15)27-16(21)7-2/h9,11,14-15,18H,6-8,10H2,1-5H3. The van der Waals surface area contributed by atoms with Crippen LogP contribution in [0.5, 0.6) is 0 Å². The highest BCUT2D eigenvalue weighted by atomic mass is 16.6. The third kappa shape index (κ3) is 7.03. The molecule has 8 heteroatoms. The average molecular weight is 384 g/mol. The lowest BCUT2D eigenvalue weighted by molar-refractivity contribution is -0.183. The van der Waals surface area contributed by atoms with E-state index in [9.17, 15) is 19.2 Å². The summed E-state index contributed by atoms with van der Waals surface area (Å²) in [5, 5.41) is 0. The summed E-state index contributed by atoms with van der Waals surface area (Å²) in [4.78, 5) is 47.5. The molecule has 0 saturated carbocycles. The third-order valence-electron chi connectivity index (χ3n) is 4.28. The molecule has 0 aromatic carbocycles. The van der Waals surface area contributed by atoms with Gasteiger partial charge in [-0.15, -0.1) is 0 Å². The van der Waals surface area contributed by atoms with E-state index in [1.165, 1.54) is 20.1 Å². The van der Waals surface area contributed by atoms with Crippen molar-refractivity contribution in [1.29, 1.82) is 0 Å². The number of esters is 4. The molecule has 0 saturated heterocycles. The first-order valence-corrected chi connectivity index (χ1v) is 9.06. The van der Waals surface area contributed by atoms with E-state index in [0.29, 0.717) is 0 Å². The maximum atomic E-state index is 12.3. The van der Waals surface area contributed by atoms with Gasteiger partial charge in [-0.3, -0.25) is 14.4 Å². The maximum Gasteiger partial charge on any atom is 0.333 e. The zero-order chi connectivity index (χ0) is 20.6. The SMILES string of the molecule is CCC(=O)OC1C(OC(C)=O)C=C(C(=O)OC)CC1OC(=O)CC(C)CC. The van der Waals surface area contributed by atoms with Gasteiger partial charge in [-0.25, -0.2) is 4.79 Å². The summed E-state index contributed by atoms with van der Waals surface area (Å²) in [6.45, 7) is 6.69. The van der Waals surface area contributed by atoms with Gasteiger partial charge in [0.1, 0.15) is 6.10 Å². The minimum atomic E-state index is -1.05. The van der Waals surface area contributed by atoms with Crippen molar-refractivity contribution in [3.8, 4) is 0 Å². The summed E-state index contributed by atoms with van der Waals surface area (Å²) < 4.78 is 20.8. The number of methoxy groups -OCH3 is 1. The Bertz CT molecular complexity index is 595. The molecule has 0 bridgehead atoms. The van der Waals surface area contributed by atoms with Crippen molar-refractivity contribution < 1.29 is 38.1 Å². The fraction of sp³-hybridized carbons (Fsp3) is 0.684. The normalized spacial score (nSPS) is 22.9. The van der Waals surface area contributed by atoms with Crippen LogP contribution in [0.1, 0.15) is 53.4 Å². The molecule has 1 aliphatic rings. The van der Waals surface area contributed by atoms with Crippen LogP contribution in [0.15, 0.2) is 11.6 Å². The van der Waals surface area contributed by atoms with Gasteiger partial charge in [-0.05, 0) is 12.0 Å². The summed E-state index contributed by atoms with van der Waals surface area (Å²) in [6, 6.07) is 0. The van der Waals surface area contributed by atoms with Gasteiger partial charge in [0.05, 0.1) is 7.11 Å². The molecule has 0 N–H and O–H groups in total. The second kappa shape index (κ2) is 10.7. The van der Waals surface area contributed by atoms with E-state index in [2.05, 4.69) is 0 Å². The molecule has 0 fully saturated rings. The van der Waals surface area contributed by atoms with Crippen LogP contribution in [0.4, 0.5) is 0 Å². The van der Waals surface area contributed by atoms with Gasteiger partial charge in [0.15, 0.2) is 12.2 Å². The number of hydrogen-bond acceptors (Lipinski definition) is 8.